The molecular weight excluding hydrogens is 576 g/mol. The normalized spacial score (nSPS) is 19.7. The number of nitrogens with two attached hydrogens (primary N) is 2. The van der Waals surface area contributed by atoms with Gasteiger partial charge in [-0.25, -0.2) is 9.97 Å². The Morgan fingerprint density at radius 3 is 1.35 bits per heavy atom. The summed E-state index contributed by atoms with van der Waals surface area (Å²) in [7, 11) is 0. The number of nitrogens with one attached hydrogen (secondary N) is 2. The molecule has 2 amide bonds. The highest BCUT2D eigenvalue weighted by Gasteiger charge is 2.36. The van der Waals surface area contributed by atoms with Gasteiger partial charge in [0.15, 0.2) is 0 Å². The Morgan fingerprint density at radius 2 is 1.00 bits per heavy atom. The van der Waals surface area contributed by atoms with Crippen molar-refractivity contribution in [1.29, 1.82) is 0 Å². The summed E-state index contributed by atoms with van der Waals surface area (Å²) >= 11 is 0. The van der Waals surface area contributed by atoms with Crippen molar-refractivity contribution in [2.45, 2.75) is 77.5 Å². The van der Waals surface area contributed by atoms with Gasteiger partial charge in [0.05, 0.1) is 47.9 Å². The number of carbonyl (C=O) groups is 2. The van der Waals surface area contributed by atoms with Gasteiger partial charge in [0.25, 0.3) is 0 Å². The summed E-state index contributed by atoms with van der Waals surface area (Å²) in [5.41, 5.74) is 18.5. The Hall–Kier alpha value is -4.28. The van der Waals surface area contributed by atoms with Crippen molar-refractivity contribution in [3.63, 3.8) is 0 Å². The fourth-order valence-corrected chi connectivity index (χ4v) is 6.57. The number of H-pyrrole nitrogens is 2. The number of carbonyl (C=O) groups excluding carboxylic acids is 2. The Labute approximate surface area is 271 Å². The summed E-state index contributed by atoms with van der Waals surface area (Å²) < 4.78 is 0. The van der Waals surface area contributed by atoms with Crippen LogP contribution in [0.5, 0.6) is 0 Å². The van der Waals surface area contributed by atoms with E-state index in [0.29, 0.717) is 13.1 Å². The van der Waals surface area contributed by atoms with Crippen LogP contribution in [0.25, 0.3) is 33.6 Å². The molecule has 242 valence electrons. The van der Waals surface area contributed by atoms with Crippen molar-refractivity contribution in [3.05, 3.63) is 72.6 Å². The van der Waals surface area contributed by atoms with Crippen LogP contribution >= 0.6 is 0 Å². The highest BCUT2D eigenvalue weighted by molar-refractivity contribution is 5.83. The largest absolute Gasteiger partial charge is 0.340 e. The molecule has 0 bridgehead atoms. The van der Waals surface area contributed by atoms with Crippen molar-refractivity contribution >= 4 is 11.8 Å². The van der Waals surface area contributed by atoms with Crippen LogP contribution in [0.3, 0.4) is 0 Å². The summed E-state index contributed by atoms with van der Waals surface area (Å²) in [4.78, 5) is 46.0. The minimum Gasteiger partial charge on any atom is -0.340 e. The third kappa shape index (κ3) is 6.24. The molecule has 2 fully saturated rings. The monoisotopic (exact) mass is 622 g/mol. The minimum atomic E-state index is -0.497. The lowest BCUT2D eigenvalue weighted by molar-refractivity contribution is -0.135. The molecule has 4 heterocycles. The van der Waals surface area contributed by atoms with Crippen LogP contribution in [0.4, 0.5) is 0 Å². The van der Waals surface area contributed by atoms with Crippen LogP contribution in [0, 0.1) is 11.8 Å². The zero-order valence-electron chi connectivity index (χ0n) is 27.2. The van der Waals surface area contributed by atoms with E-state index in [1.54, 1.807) is 0 Å². The van der Waals surface area contributed by atoms with Gasteiger partial charge in [-0.3, -0.25) is 9.59 Å². The molecule has 0 spiro atoms. The minimum absolute atomic E-state index is 0.00181. The molecule has 4 atom stereocenters. The molecule has 6 rings (SSSR count). The third-order valence-corrected chi connectivity index (χ3v) is 9.63. The van der Waals surface area contributed by atoms with Crippen molar-refractivity contribution in [3.8, 4) is 33.6 Å². The molecular formula is C36H46N8O2. The fourth-order valence-electron chi connectivity index (χ4n) is 6.57. The van der Waals surface area contributed by atoms with E-state index in [2.05, 4.69) is 68.5 Å². The van der Waals surface area contributed by atoms with Gasteiger partial charge in [0.1, 0.15) is 11.6 Å². The quantitative estimate of drug-likeness (QED) is 0.196. The lowest BCUT2D eigenvalue weighted by Crippen LogP contribution is -2.46. The van der Waals surface area contributed by atoms with Gasteiger partial charge < -0.3 is 31.2 Å². The second-order valence-corrected chi connectivity index (χ2v) is 13.4. The smallest absolute Gasteiger partial charge is 0.240 e. The molecule has 0 radical (unpaired) electrons. The van der Waals surface area contributed by atoms with Crippen molar-refractivity contribution in [1.82, 2.24) is 29.7 Å². The van der Waals surface area contributed by atoms with Crippen LogP contribution < -0.4 is 11.5 Å². The maximum absolute atomic E-state index is 13.0. The number of amides is 2. The molecule has 1 unspecified atom stereocenters. The molecule has 2 aromatic heterocycles. The summed E-state index contributed by atoms with van der Waals surface area (Å²) in [5.74, 6) is 1.80. The molecule has 2 aliphatic heterocycles. The van der Waals surface area contributed by atoms with E-state index < -0.39 is 12.1 Å². The van der Waals surface area contributed by atoms with Gasteiger partial charge >= 0.3 is 0 Å². The molecule has 4 aromatic rings. The molecule has 6 N–H and O–H groups in total. The van der Waals surface area contributed by atoms with E-state index in [-0.39, 0.29) is 35.7 Å². The van der Waals surface area contributed by atoms with Gasteiger partial charge in [-0.05, 0) is 59.8 Å². The average molecular weight is 623 g/mol. The predicted molar refractivity (Wildman–Crippen MR) is 180 cm³/mol. The van der Waals surface area contributed by atoms with Crippen LogP contribution in [-0.4, -0.2) is 66.7 Å². The third-order valence-electron chi connectivity index (χ3n) is 9.63. The van der Waals surface area contributed by atoms with E-state index >= 15 is 0 Å². The molecule has 10 nitrogen and oxygen atoms in total. The van der Waals surface area contributed by atoms with Crippen LogP contribution in [0.15, 0.2) is 60.9 Å². The number of likely N-dealkylation sites (tertiary alicyclic amines) is 2. The number of hydrogen-bond acceptors (Lipinski definition) is 6. The van der Waals surface area contributed by atoms with E-state index in [1.165, 1.54) is 0 Å². The highest BCUT2D eigenvalue weighted by atomic mass is 16.2. The topological polar surface area (TPSA) is 150 Å². The lowest BCUT2D eigenvalue weighted by atomic mass is 10.0. The van der Waals surface area contributed by atoms with E-state index in [1.807, 2.05) is 49.9 Å². The van der Waals surface area contributed by atoms with Gasteiger partial charge in [-0.15, -0.1) is 0 Å². The number of imidazole rings is 2. The zero-order chi connectivity index (χ0) is 32.5. The van der Waals surface area contributed by atoms with Crippen LogP contribution in [0.1, 0.15) is 77.1 Å². The van der Waals surface area contributed by atoms with Crippen molar-refractivity contribution in [2.24, 2.45) is 23.3 Å². The van der Waals surface area contributed by atoms with Crippen molar-refractivity contribution in [2.75, 3.05) is 13.1 Å². The first kappa shape index (κ1) is 31.7. The van der Waals surface area contributed by atoms with Crippen molar-refractivity contribution < 1.29 is 9.59 Å². The zero-order valence-corrected chi connectivity index (χ0v) is 27.2. The maximum Gasteiger partial charge on any atom is 0.240 e. The SMILES string of the molecule is CC(C)C(N)C(=O)N1CCC[C@H]1c1ncc(-c2ccc(-c3ccc(-c4cnc([C@@H]5CCCN5C(=O)[C@H](N)C(C)C)[nH]4)cc3)cc2)[nH]1. The predicted octanol–water partition coefficient (Wildman–Crippen LogP) is 5.43. The number of benzene rings is 2. The summed E-state index contributed by atoms with van der Waals surface area (Å²) in [6, 6.07) is 15.7. The number of hydrogen-bond donors (Lipinski definition) is 4. The molecule has 0 aliphatic carbocycles. The van der Waals surface area contributed by atoms with E-state index in [9.17, 15) is 9.59 Å². The van der Waals surface area contributed by atoms with Gasteiger partial charge in [0, 0.05) is 13.1 Å². The summed E-state index contributed by atoms with van der Waals surface area (Å²) in [5, 5.41) is 0. The first-order valence-corrected chi connectivity index (χ1v) is 16.6. The van der Waals surface area contributed by atoms with Gasteiger partial charge in [0.2, 0.25) is 11.8 Å². The standard InChI is InChI=1S/C36H46N8O2/c1-21(2)31(37)35(45)43-17-5-7-29(43)33-39-19-27(41-33)25-13-9-23(10-14-25)24-11-15-26(16-12-24)28-20-40-34(42-28)30-8-6-18-44(30)36(46)32(38)22(3)4/h9-16,19-22,29-32H,5-8,17-18,37-38H2,1-4H3,(H,39,41)(H,40,42)/t29-,30-,31+,32?/m0/s1. The second-order valence-electron chi connectivity index (χ2n) is 13.4. The van der Waals surface area contributed by atoms with E-state index in [4.69, 9.17) is 11.5 Å². The number of aromatic amines is 2. The second kappa shape index (κ2) is 13.2. The molecule has 2 aliphatic rings. The maximum atomic E-state index is 13.0. The molecule has 10 heteroatoms. The highest BCUT2D eigenvalue weighted by Crippen LogP contribution is 2.34. The molecule has 0 saturated carbocycles. The van der Waals surface area contributed by atoms with Crippen LogP contribution in [-0.2, 0) is 9.59 Å². The Balaban J connectivity index is 1.12. The summed E-state index contributed by atoms with van der Waals surface area (Å²) in [6.45, 7) is 9.34. The first-order valence-electron chi connectivity index (χ1n) is 16.6. The lowest BCUT2D eigenvalue weighted by Gasteiger charge is -2.27. The van der Waals surface area contributed by atoms with Gasteiger partial charge in [-0.1, -0.05) is 76.2 Å². The summed E-state index contributed by atoms with van der Waals surface area (Å²) in [6.07, 6.45) is 7.34. The number of nitrogens with zero attached hydrogens (tertiary/aromatic N) is 4. The number of aromatic nitrogens is 4. The van der Waals surface area contributed by atoms with Gasteiger partial charge in [-0.2, -0.15) is 0 Å². The number of rotatable bonds is 9. The Morgan fingerprint density at radius 1 is 0.652 bits per heavy atom. The van der Waals surface area contributed by atoms with Crippen LogP contribution in [0.2, 0.25) is 0 Å². The molecule has 2 saturated heterocycles. The molecule has 2 aromatic carbocycles. The Kier molecular flexibility index (Phi) is 9.11. The average Bonchev–Trinajstić information content (AvgIpc) is 3.89. The Bertz CT molecular complexity index is 1530. The van der Waals surface area contributed by atoms with E-state index in [0.717, 1.165) is 71.0 Å². The first-order chi connectivity index (χ1) is 22.1. The molecule has 46 heavy (non-hydrogen) atoms. The fraction of sp³-hybridized carbons (Fsp3) is 0.444.